The summed E-state index contributed by atoms with van der Waals surface area (Å²) in [7, 11) is 1.89. The van der Waals surface area contributed by atoms with E-state index in [-0.39, 0.29) is 5.91 Å². The summed E-state index contributed by atoms with van der Waals surface area (Å²) in [6.07, 6.45) is 4.20. The molecule has 0 aliphatic carbocycles. The molecule has 2 aromatic heterocycles. The van der Waals surface area contributed by atoms with Crippen molar-refractivity contribution in [3.8, 4) is 11.5 Å². The van der Waals surface area contributed by atoms with Gasteiger partial charge in [0, 0.05) is 43.8 Å². The molecule has 4 rings (SSSR count). The Labute approximate surface area is 146 Å². The third-order valence-electron chi connectivity index (χ3n) is 4.61. The number of carbonyl (C=O) groups is 1. The summed E-state index contributed by atoms with van der Waals surface area (Å²) in [6.45, 7) is 2.71. The Morgan fingerprint density at radius 3 is 2.88 bits per heavy atom. The van der Waals surface area contributed by atoms with Gasteiger partial charge >= 0.3 is 0 Å². The summed E-state index contributed by atoms with van der Waals surface area (Å²) < 4.78 is 7.72. The van der Waals surface area contributed by atoms with Gasteiger partial charge in [-0.05, 0) is 25.0 Å². The van der Waals surface area contributed by atoms with Crippen molar-refractivity contribution >= 4 is 16.9 Å². The molecule has 6 nitrogen and oxygen atoms in total. The minimum Gasteiger partial charge on any atom is -0.454 e. The van der Waals surface area contributed by atoms with Gasteiger partial charge in [-0.3, -0.25) is 9.48 Å². The van der Waals surface area contributed by atoms with Crippen LogP contribution in [0.2, 0.25) is 0 Å². The maximum absolute atomic E-state index is 12.1. The van der Waals surface area contributed by atoms with Crippen LogP contribution in [0, 0.1) is 0 Å². The van der Waals surface area contributed by atoms with E-state index in [2.05, 4.69) is 10.4 Å². The molecule has 0 saturated carbocycles. The zero-order valence-electron chi connectivity index (χ0n) is 14.4. The van der Waals surface area contributed by atoms with E-state index >= 15 is 0 Å². The molecule has 1 aliphatic rings. The average Bonchev–Trinajstić information content (AvgIpc) is 3.33. The van der Waals surface area contributed by atoms with Crippen molar-refractivity contribution in [2.75, 3.05) is 19.6 Å². The number of nitrogens with zero attached hydrogens (tertiary/aromatic N) is 3. The SMILES string of the molecule is Cn1cc(CNCC(=O)N2CCCC2)c(-c2cc3ccccc3o2)n1. The molecule has 1 saturated heterocycles. The Balaban J connectivity index is 1.48. The maximum atomic E-state index is 12.1. The molecule has 1 fully saturated rings. The van der Waals surface area contributed by atoms with Gasteiger partial charge in [-0.25, -0.2) is 0 Å². The number of furan rings is 1. The Morgan fingerprint density at radius 1 is 1.28 bits per heavy atom. The van der Waals surface area contributed by atoms with Gasteiger partial charge in [0.05, 0.1) is 6.54 Å². The zero-order valence-corrected chi connectivity index (χ0v) is 14.4. The number of likely N-dealkylation sites (tertiary alicyclic amines) is 1. The highest BCUT2D eigenvalue weighted by molar-refractivity contribution is 5.82. The molecule has 0 radical (unpaired) electrons. The van der Waals surface area contributed by atoms with Gasteiger partial charge in [-0.2, -0.15) is 5.10 Å². The largest absolute Gasteiger partial charge is 0.454 e. The van der Waals surface area contributed by atoms with E-state index in [4.69, 9.17) is 4.42 Å². The summed E-state index contributed by atoms with van der Waals surface area (Å²) in [4.78, 5) is 14.1. The van der Waals surface area contributed by atoms with Gasteiger partial charge < -0.3 is 14.6 Å². The predicted octanol–water partition coefficient (Wildman–Crippen LogP) is 2.55. The van der Waals surface area contributed by atoms with Crippen LogP contribution in [-0.4, -0.2) is 40.2 Å². The Hall–Kier alpha value is -2.60. The lowest BCUT2D eigenvalue weighted by Crippen LogP contribution is -2.35. The Kier molecular flexibility index (Phi) is 4.28. The van der Waals surface area contributed by atoms with Gasteiger partial charge in [0.2, 0.25) is 5.91 Å². The fourth-order valence-electron chi connectivity index (χ4n) is 3.36. The van der Waals surface area contributed by atoms with E-state index in [1.807, 2.05) is 48.5 Å². The van der Waals surface area contributed by atoms with Crippen LogP contribution in [0.25, 0.3) is 22.4 Å². The first-order valence-corrected chi connectivity index (χ1v) is 8.71. The topological polar surface area (TPSA) is 63.3 Å². The minimum atomic E-state index is 0.173. The molecule has 3 heterocycles. The number of amides is 1. The molecule has 130 valence electrons. The van der Waals surface area contributed by atoms with Crippen molar-refractivity contribution in [1.29, 1.82) is 0 Å². The standard InChI is InChI=1S/C19H22N4O2/c1-22-13-15(11-20-12-18(24)23-8-4-5-9-23)19(21-22)17-10-14-6-2-3-7-16(14)25-17/h2-3,6-7,10,13,20H,4-5,8-9,11-12H2,1H3. The van der Waals surface area contributed by atoms with Crippen molar-refractivity contribution < 1.29 is 9.21 Å². The Bertz CT molecular complexity index is 857. The fraction of sp³-hybridized carbons (Fsp3) is 0.368. The van der Waals surface area contributed by atoms with Crippen LogP contribution in [0.3, 0.4) is 0 Å². The van der Waals surface area contributed by atoms with Gasteiger partial charge in [0.1, 0.15) is 11.3 Å². The molecular weight excluding hydrogens is 316 g/mol. The molecule has 1 aromatic carbocycles. The minimum absolute atomic E-state index is 0.173. The monoisotopic (exact) mass is 338 g/mol. The van der Waals surface area contributed by atoms with Crippen molar-refractivity contribution in [2.24, 2.45) is 7.05 Å². The highest BCUT2D eigenvalue weighted by Gasteiger charge is 2.18. The van der Waals surface area contributed by atoms with Crippen LogP contribution in [0.1, 0.15) is 18.4 Å². The number of aryl methyl sites for hydroxylation is 1. The van der Waals surface area contributed by atoms with E-state index in [9.17, 15) is 4.79 Å². The zero-order chi connectivity index (χ0) is 17.2. The van der Waals surface area contributed by atoms with Crippen molar-refractivity contribution in [2.45, 2.75) is 19.4 Å². The molecular formula is C19H22N4O2. The van der Waals surface area contributed by atoms with Crippen LogP contribution in [0.5, 0.6) is 0 Å². The summed E-state index contributed by atoms with van der Waals surface area (Å²) in [6, 6.07) is 9.94. The van der Waals surface area contributed by atoms with E-state index < -0.39 is 0 Å². The number of hydrogen-bond acceptors (Lipinski definition) is 4. The van der Waals surface area contributed by atoms with Gasteiger partial charge in [-0.1, -0.05) is 18.2 Å². The highest BCUT2D eigenvalue weighted by Crippen LogP contribution is 2.28. The van der Waals surface area contributed by atoms with Crippen molar-refractivity contribution in [3.63, 3.8) is 0 Å². The second-order valence-corrected chi connectivity index (χ2v) is 6.52. The lowest BCUT2D eigenvalue weighted by atomic mass is 10.2. The summed E-state index contributed by atoms with van der Waals surface area (Å²) in [5, 5.41) is 8.85. The predicted molar refractivity (Wildman–Crippen MR) is 95.9 cm³/mol. The van der Waals surface area contributed by atoms with Crippen LogP contribution in [0.4, 0.5) is 0 Å². The van der Waals surface area contributed by atoms with Gasteiger partial charge in [0.25, 0.3) is 0 Å². The summed E-state index contributed by atoms with van der Waals surface area (Å²) in [5.74, 6) is 0.927. The normalized spacial score (nSPS) is 14.5. The first-order valence-electron chi connectivity index (χ1n) is 8.71. The number of benzene rings is 1. The van der Waals surface area contributed by atoms with Gasteiger partial charge in [-0.15, -0.1) is 0 Å². The van der Waals surface area contributed by atoms with E-state index in [0.29, 0.717) is 13.1 Å². The summed E-state index contributed by atoms with van der Waals surface area (Å²) >= 11 is 0. The second-order valence-electron chi connectivity index (χ2n) is 6.52. The van der Waals surface area contributed by atoms with E-state index in [1.165, 1.54) is 0 Å². The van der Waals surface area contributed by atoms with E-state index in [1.54, 1.807) is 4.68 Å². The Morgan fingerprint density at radius 2 is 2.08 bits per heavy atom. The van der Waals surface area contributed by atoms with Crippen molar-refractivity contribution in [1.82, 2.24) is 20.0 Å². The molecule has 6 heteroatoms. The number of hydrogen-bond donors (Lipinski definition) is 1. The number of fused-ring (bicyclic) bond motifs is 1. The smallest absolute Gasteiger partial charge is 0.236 e. The van der Waals surface area contributed by atoms with Crippen molar-refractivity contribution in [3.05, 3.63) is 42.1 Å². The molecule has 0 unspecified atom stereocenters. The maximum Gasteiger partial charge on any atom is 0.236 e. The number of aromatic nitrogens is 2. The molecule has 1 aliphatic heterocycles. The first kappa shape index (κ1) is 15.9. The highest BCUT2D eigenvalue weighted by atomic mass is 16.3. The lowest BCUT2D eigenvalue weighted by Gasteiger charge is -2.15. The quantitative estimate of drug-likeness (QED) is 0.776. The number of carbonyl (C=O) groups excluding carboxylic acids is 1. The molecule has 1 amide bonds. The average molecular weight is 338 g/mol. The van der Waals surface area contributed by atoms with Crippen LogP contribution < -0.4 is 5.32 Å². The van der Waals surface area contributed by atoms with Crippen LogP contribution in [0.15, 0.2) is 40.9 Å². The third-order valence-corrected chi connectivity index (χ3v) is 4.61. The molecule has 0 atom stereocenters. The van der Waals surface area contributed by atoms with Crippen LogP contribution >= 0.6 is 0 Å². The number of rotatable bonds is 5. The third kappa shape index (κ3) is 3.30. The number of nitrogens with one attached hydrogen (secondary N) is 1. The molecule has 0 spiro atoms. The molecule has 1 N–H and O–H groups in total. The van der Waals surface area contributed by atoms with E-state index in [0.717, 1.165) is 53.9 Å². The molecule has 3 aromatic rings. The molecule has 25 heavy (non-hydrogen) atoms. The second kappa shape index (κ2) is 6.72. The molecule has 0 bridgehead atoms. The van der Waals surface area contributed by atoms with Gasteiger partial charge in [0.15, 0.2) is 5.76 Å². The fourth-order valence-corrected chi connectivity index (χ4v) is 3.36. The first-order chi connectivity index (χ1) is 12.2. The lowest BCUT2D eigenvalue weighted by molar-refractivity contribution is -0.129. The summed E-state index contributed by atoms with van der Waals surface area (Å²) in [5.41, 5.74) is 2.70. The number of para-hydroxylation sites is 1. The van der Waals surface area contributed by atoms with Crippen LogP contribution in [-0.2, 0) is 18.4 Å².